The molecule has 0 radical (unpaired) electrons. The van der Waals surface area contributed by atoms with E-state index in [4.69, 9.17) is 4.98 Å². The summed E-state index contributed by atoms with van der Waals surface area (Å²) < 4.78 is 14.3. The van der Waals surface area contributed by atoms with E-state index in [1.54, 1.807) is 6.08 Å². The highest BCUT2D eigenvalue weighted by molar-refractivity contribution is 5.69. The monoisotopic (exact) mass is 407 g/mol. The third-order valence-electron chi connectivity index (χ3n) is 5.82. The van der Waals surface area contributed by atoms with Crippen molar-refractivity contribution in [2.24, 2.45) is 5.92 Å². The largest absolute Gasteiger partial charge is 0.340 e. The zero-order valence-electron chi connectivity index (χ0n) is 18.7. The van der Waals surface area contributed by atoms with Crippen molar-refractivity contribution < 1.29 is 4.39 Å². The van der Waals surface area contributed by atoms with Crippen molar-refractivity contribution in [3.05, 3.63) is 70.7 Å². The van der Waals surface area contributed by atoms with Crippen molar-refractivity contribution >= 4 is 17.1 Å². The fraction of sp³-hybridized carbons (Fsp3) is 0.423. The number of fused-ring (bicyclic) bond motifs is 1. The molecular weight excluding hydrogens is 373 g/mol. The van der Waals surface area contributed by atoms with Gasteiger partial charge >= 0.3 is 0 Å². The summed E-state index contributed by atoms with van der Waals surface area (Å²) in [5, 5.41) is 6.95. The number of anilines is 2. The first kappa shape index (κ1) is 22.2. The first-order valence-corrected chi connectivity index (χ1v) is 11.2. The van der Waals surface area contributed by atoms with Crippen LogP contribution < -0.4 is 10.6 Å². The quantitative estimate of drug-likeness (QED) is 0.477. The molecule has 1 unspecified atom stereocenters. The van der Waals surface area contributed by atoms with Crippen LogP contribution in [0.1, 0.15) is 62.9 Å². The van der Waals surface area contributed by atoms with Crippen molar-refractivity contribution in [2.75, 3.05) is 11.9 Å². The van der Waals surface area contributed by atoms with Crippen LogP contribution in [0.5, 0.6) is 0 Å². The van der Waals surface area contributed by atoms with Gasteiger partial charge in [-0.1, -0.05) is 51.5 Å². The molecule has 0 bridgehead atoms. The van der Waals surface area contributed by atoms with Crippen LogP contribution in [0.15, 0.2) is 48.3 Å². The lowest BCUT2D eigenvalue weighted by Gasteiger charge is -2.21. The van der Waals surface area contributed by atoms with E-state index in [1.807, 2.05) is 26.0 Å². The molecule has 0 spiro atoms. The maximum Gasteiger partial charge on any atom is 0.131 e. The number of nitrogens with zero attached hydrogens (tertiary/aromatic N) is 1. The van der Waals surface area contributed by atoms with Crippen molar-refractivity contribution in [3.8, 4) is 0 Å². The van der Waals surface area contributed by atoms with Gasteiger partial charge in [-0.3, -0.25) is 0 Å². The maximum absolute atomic E-state index is 14.3. The number of pyridine rings is 1. The molecule has 1 aliphatic rings. The number of allylic oxidation sites excluding steroid dienone is 4. The van der Waals surface area contributed by atoms with E-state index in [1.165, 1.54) is 16.7 Å². The Bertz CT molecular complexity index is 930. The van der Waals surface area contributed by atoms with Crippen molar-refractivity contribution in [3.63, 3.8) is 0 Å². The summed E-state index contributed by atoms with van der Waals surface area (Å²) >= 11 is 0. The van der Waals surface area contributed by atoms with Crippen molar-refractivity contribution in [1.29, 1.82) is 0 Å². The first-order chi connectivity index (χ1) is 14.5. The Morgan fingerprint density at radius 1 is 1.23 bits per heavy atom. The summed E-state index contributed by atoms with van der Waals surface area (Å²) in [6, 6.07) is 10.6. The molecule has 1 aromatic heterocycles. The number of halogens is 1. The fourth-order valence-corrected chi connectivity index (χ4v) is 3.99. The van der Waals surface area contributed by atoms with Gasteiger partial charge in [-0.2, -0.15) is 0 Å². The Labute approximate surface area is 180 Å². The molecule has 2 heterocycles. The summed E-state index contributed by atoms with van der Waals surface area (Å²) in [6.45, 7) is 10.1. The number of aryl methyl sites for hydroxylation is 1. The Balaban J connectivity index is 1.87. The third-order valence-corrected chi connectivity index (χ3v) is 5.82. The molecule has 0 fully saturated rings. The van der Waals surface area contributed by atoms with Crippen LogP contribution in [-0.4, -0.2) is 11.5 Å². The molecule has 0 saturated heterocycles. The molecule has 2 aromatic rings. The standard InChI is InChI=1S/C26H34FN3/c1-5-8-18(3)23(27)13-11-19(4)26-20(6-2)12-14-25(30-26)29-24-10-7-9-21-17-28-16-15-22(21)24/h7,9-14,18,28H,5-6,8,15-17H2,1-4H3,(H,29,30)/b19-11+,23-13+. The van der Waals surface area contributed by atoms with Gasteiger partial charge in [0, 0.05) is 18.2 Å². The lowest BCUT2D eigenvalue weighted by molar-refractivity contribution is 0.464. The van der Waals surface area contributed by atoms with Gasteiger partial charge in [0.2, 0.25) is 0 Å². The molecular formula is C26H34FN3. The van der Waals surface area contributed by atoms with Gasteiger partial charge in [0.15, 0.2) is 0 Å². The van der Waals surface area contributed by atoms with Gasteiger partial charge < -0.3 is 10.6 Å². The zero-order chi connectivity index (χ0) is 21.5. The molecule has 1 aliphatic heterocycles. The minimum atomic E-state index is -0.0620. The topological polar surface area (TPSA) is 37.0 Å². The minimum absolute atomic E-state index is 0.0376. The van der Waals surface area contributed by atoms with Crippen molar-refractivity contribution in [2.45, 2.75) is 59.9 Å². The minimum Gasteiger partial charge on any atom is -0.340 e. The van der Waals surface area contributed by atoms with Crippen LogP contribution in [0.4, 0.5) is 15.9 Å². The Morgan fingerprint density at radius 3 is 2.83 bits per heavy atom. The highest BCUT2D eigenvalue weighted by Crippen LogP contribution is 2.28. The van der Waals surface area contributed by atoms with Crippen LogP contribution in [0, 0.1) is 5.92 Å². The number of nitrogens with one attached hydrogen (secondary N) is 2. The first-order valence-electron chi connectivity index (χ1n) is 11.2. The molecule has 4 heteroatoms. The summed E-state index contributed by atoms with van der Waals surface area (Å²) in [4.78, 5) is 4.90. The average molecular weight is 408 g/mol. The highest BCUT2D eigenvalue weighted by Gasteiger charge is 2.14. The molecule has 160 valence electrons. The van der Waals surface area contributed by atoms with Gasteiger partial charge in [0.05, 0.1) is 5.69 Å². The summed E-state index contributed by atoms with van der Waals surface area (Å²) in [5.41, 5.74) is 6.91. The molecule has 0 amide bonds. The number of hydrogen-bond acceptors (Lipinski definition) is 3. The van der Waals surface area contributed by atoms with E-state index >= 15 is 0 Å². The van der Waals surface area contributed by atoms with Gasteiger partial charge in [-0.05, 0) is 73.2 Å². The fourth-order valence-electron chi connectivity index (χ4n) is 3.99. The predicted octanol–water partition coefficient (Wildman–Crippen LogP) is 6.73. The molecule has 30 heavy (non-hydrogen) atoms. The van der Waals surface area contributed by atoms with Crippen LogP contribution in [0.25, 0.3) is 5.57 Å². The normalized spacial score (nSPS) is 15.6. The van der Waals surface area contributed by atoms with E-state index in [0.29, 0.717) is 0 Å². The van der Waals surface area contributed by atoms with Gasteiger partial charge in [0.25, 0.3) is 0 Å². The van der Waals surface area contributed by atoms with Gasteiger partial charge in [0.1, 0.15) is 11.6 Å². The maximum atomic E-state index is 14.3. The molecule has 1 atom stereocenters. The van der Waals surface area contributed by atoms with Gasteiger partial charge in [-0.15, -0.1) is 0 Å². The van der Waals surface area contributed by atoms with E-state index < -0.39 is 0 Å². The van der Waals surface area contributed by atoms with E-state index in [9.17, 15) is 4.39 Å². The Hall–Kier alpha value is -2.46. The predicted molar refractivity (Wildman–Crippen MR) is 126 cm³/mol. The van der Waals surface area contributed by atoms with E-state index in [2.05, 4.69) is 48.7 Å². The number of aromatic nitrogens is 1. The second-order valence-electron chi connectivity index (χ2n) is 8.14. The smallest absolute Gasteiger partial charge is 0.131 e. The summed E-state index contributed by atoms with van der Waals surface area (Å²) in [7, 11) is 0. The number of hydrogen-bond donors (Lipinski definition) is 2. The molecule has 3 nitrogen and oxygen atoms in total. The van der Waals surface area contributed by atoms with Crippen LogP contribution in [0.3, 0.4) is 0 Å². The Kier molecular flexibility index (Phi) is 7.81. The molecule has 2 N–H and O–H groups in total. The van der Waals surface area contributed by atoms with Crippen LogP contribution in [-0.2, 0) is 19.4 Å². The number of benzene rings is 1. The zero-order valence-corrected chi connectivity index (χ0v) is 18.7. The van der Waals surface area contributed by atoms with Crippen LogP contribution >= 0.6 is 0 Å². The van der Waals surface area contributed by atoms with Crippen LogP contribution in [0.2, 0.25) is 0 Å². The van der Waals surface area contributed by atoms with E-state index in [-0.39, 0.29) is 11.7 Å². The lowest BCUT2D eigenvalue weighted by atomic mass is 9.99. The molecule has 1 aromatic carbocycles. The van der Waals surface area contributed by atoms with Gasteiger partial charge in [-0.25, -0.2) is 9.37 Å². The SMILES string of the molecule is CCCC(C)/C(F)=C\C=C(/C)c1nc(Nc2cccc3c2CCNC3)ccc1CC. The highest BCUT2D eigenvalue weighted by atomic mass is 19.1. The third kappa shape index (κ3) is 5.37. The summed E-state index contributed by atoms with van der Waals surface area (Å²) in [5.74, 6) is 0.725. The second-order valence-corrected chi connectivity index (χ2v) is 8.14. The average Bonchev–Trinajstić information content (AvgIpc) is 2.77. The second kappa shape index (κ2) is 10.5. The lowest BCUT2D eigenvalue weighted by Crippen LogP contribution is -2.24. The summed E-state index contributed by atoms with van der Waals surface area (Å²) in [6.07, 6.45) is 7.22. The number of rotatable bonds is 8. The van der Waals surface area contributed by atoms with Crippen molar-refractivity contribution in [1.82, 2.24) is 10.3 Å². The van der Waals surface area contributed by atoms with E-state index in [0.717, 1.165) is 61.5 Å². The molecule has 0 saturated carbocycles. The molecule has 3 rings (SSSR count). The Morgan fingerprint density at radius 2 is 2.07 bits per heavy atom. The molecule has 0 aliphatic carbocycles.